The van der Waals surface area contributed by atoms with Crippen molar-refractivity contribution in [3.8, 4) is 27.8 Å². The zero-order chi connectivity index (χ0) is 24.0. The number of carbonyl (C=O) groups excluding carboxylic acids is 2. The minimum Gasteiger partial charge on any atom is -0.345 e. The molecule has 2 saturated heterocycles. The molecule has 1 spiro atoms. The van der Waals surface area contributed by atoms with Gasteiger partial charge in [0.05, 0.1) is 27.6 Å². The number of anilines is 1. The van der Waals surface area contributed by atoms with Crippen molar-refractivity contribution in [1.82, 2.24) is 19.8 Å². The Balaban J connectivity index is 1.44. The van der Waals surface area contributed by atoms with Gasteiger partial charge in [0.2, 0.25) is 5.91 Å². The van der Waals surface area contributed by atoms with E-state index in [9.17, 15) is 14.9 Å². The fraction of sp³-hybridized carbons (Fsp3) is 0.320. The third kappa shape index (κ3) is 3.80. The molecule has 2 fully saturated rings. The van der Waals surface area contributed by atoms with E-state index in [-0.39, 0.29) is 11.9 Å². The monoisotopic (exact) mass is 472 g/mol. The normalized spacial score (nSPS) is 16.5. The number of pyridine rings is 1. The molecule has 0 radical (unpaired) electrons. The highest BCUT2D eigenvalue weighted by molar-refractivity contribution is 7.19. The summed E-state index contributed by atoms with van der Waals surface area (Å²) in [4.78, 5) is 38.9. The Morgan fingerprint density at radius 3 is 2.53 bits per heavy atom. The molecule has 0 bridgehead atoms. The van der Waals surface area contributed by atoms with Crippen molar-refractivity contribution in [3.05, 3.63) is 53.3 Å². The van der Waals surface area contributed by atoms with Crippen molar-refractivity contribution < 1.29 is 9.59 Å². The Bertz CT molecular complexity index is 1330. The first-order valence-corrected chi connectivity index (χ1v) is 11.9. The summed E-state index contributed by atoms with van der Waals surface area (Å²) in [5.74, 6) is 0.121. The highest BCUT2D eigenvalue weighted by Gasteiger charge is 2.55. The summed E-state index contributed by atoms with van der Waals surface area (Å²) in [7, 11) is 1.81. The minimum absolute atomic E-state index is 0.121. The molecule has 0 saturated carbocycles. The van der Waals surface area contributed by atoms with E-state index in [0.717, 1.165) is 40.4 Å². The van der Waals surface area contributed by atoms with E-state index in [1.807, 2.05) is 45.2 Å². The predicted octanol–water partition coefficient (Wildman–Crippen LogP) is 4.06. The van der Waals surface area contributed by atoms with E-state index in [1.54, 1.807) is 21.9 Å². The van der Waals surface area contributed by atoms with Gasteiger partial charge in [-0.05, 0) is 50.1 Å². The lowest BCUT2D eigenvalue weighted by atomic mass is 9.78. The lowest BCUT2D eigenvalue weighted by Crippen LogP contribution is -2.62. The third-order valence-corrected chi connectivity index (χ3v) is 7.47. The summed E-state index contributed by atoms with van der Waals surface area (Å²) in [5.41, 5.74) is 4.37. The number of nitrogens with one attached hydrogen (secondary N) is 1. The molecule has 3 amide bonds. The molecule has 34 heavy (non-hydrogen) atoms. The fourth-order valence-electron chi connectivity index (χ4n) is 4.75. The first kappa shape index (κ1) is 22.0. The molecule has 0 atom stereocenters. The van der Waals surface area contributed by atoms with Crippen LogP contribution in [0.2, 0.25) is 0 Å². The molecule has 1 N–H and O–H groups in total. The molecule has 4 heterocycles. The third-order valence-electron chi connectivity index (χ3n) is 6.45. The van der Waals surface area contributed by atoms with Crippen molar-refractivity contribution in [3.63, 3.8) is 0 Å². The molecule has 2 aromatic heterocycles. The second kappa shape index (κ2) is 8.22. The SMILES string of the molecule is Cc1cc(-c2sc(NC(=O)N3CC4(CCN(C)C4=O)C3)nc2-c2cccc(C#N)c2)cc(C)n1. The average molecular weight is 473 g/mol. The van der Waals surface area contributed by atoms with Gasteiger partial charge in [0, 0.05) is 43.6 Å². The van der Waals surface area contributed by atoms with Gasteiger partial charge in [0.1, 0.15) is 0 Å². The van der Waals surface area contributed by atoms with E-state index >= 15 is 0 Å². The number of hydrogen-bond acceptors (Lipinski definition) is 6. The van der Waals surface area contributed by atoms with Crippen LogP contribution in [-0.4, -0.2) is 58.4 Å². The van der Waals surface area contributed by atoms with Crippen molar-refractivity contribution in [1.29, 1.82) is 5.26 Å². The lowest BCUT2D eigenvalue weighted by molar-refractivity contribution is -0.141. The van der Waals surface area contributed by atoms with Crippen LogP contribution in [0.25, 0.3) is 21.7 Å². The molecule has 9 heteroatoms. The fourth-order valence-corrected chi connectivity index (χ4v) is 5.72. The van der Waals surface area contributed by atoms with Crippen LogP contribution in [0.3, 0.4) is 0 Å². The molecule has 0 unspecified atom stereocenters. The number of urea groups is 1. The number of nitrogens with zero attached hydrogens (tertiary/aromatic N) is 5. The van der Waals surface area contributed by atoms with Gasteiger partial charge >= 0.3 is 6.03 Å². The van der Waals surface area contributed by atoms with E-state index in [1.165, 1.54) is 11.3 Å². The van der Waals surface area contributed by atoms with Gasteiger partial charge in [0.15, 0.2) is 5.13 Å². The Labute approximate surface area is 201 Å². The maximum atomic E-state index is 12.9. The number of benzene rings is 1. The number of rotatable bonds is 3. The number of hydrogen-bond donors (Lipinski definition) is 1. The summed E-state index contributed by atoms with van der Waals surface area (Å²) in [5, 5.41) is 12.7. The van der Waals surface area contributed by atoms with Crippen molar-refractivity contribution in [2.75, 3.05) is 32.0 Å². The Morgan fingerprint density at radius 2 is 1.88 bits per heavy atom. The van der Waals surface area contributed by atoms with Gasteiger partial charge < -0.3 is 9.80 Å². The summed E-state index contributed by atoms with van der Waals surface area (Å²) < 4.78 is 0. The van der Waals surface area contributed by atoms with Crippen LogP contribution in [0.5, 0.6) is 0 Å². The number of likely N-dealkylation sites (tertiary alicyclic amines) is 2. The molecule has 0 aliphatic carbocycles. The average Bonchev–Trinajstić information content (AvgIpc) is 3.33. The zero-order valence-corrected chi connectivity index (χ0v) is 20.1. The number of carbonyl (C=O) groups is 2. The summed E-state index contributed by atoms with van der Waals surface area (Å²) in [6.45, 7) is 5.48. The first-order chi connectivity index (χ1) is 16.3. The van der Waals surface area contributed by atoms with E-state index in [2.05, 4.69) is 16.4 Å². The van der Waals surface area contributed by atoms with Crippen LogP contribution < -0.4 is 5.32 Å². The van der Waals surface area contributed by atoms with Gasteiger partial charge in [0.25, 0.3) is 0 Å². The van der Waals surface area contributed by atoms with Gasteiger partial charge in [-0.1, -0.05) is 23.5 Å². The molecular formula is C25H24N6O2S. The largest absolute Gasteiger partial charge is 0.345 e. The van der Waals surface area contributed by atoms with E-state index in [0.29, 0.717) is 29.5 Å². The smallest absolute Gasteiger partial charge is 0.323 e. The van der Waals surface area contributed by atoms with Crippen molar-refractivity contribution in [2.45, 2.75) is 20.3 Å². The van der Waals surface area contributed by atoms with Gasteiger partial charge in [-0.3, -0.25) is 15.1 Å². The van der Waals surface area contributed by atoms with Gasteiger partial charge in [-0.25, -0.2) is 9.78 Å². The van der Waals surface area contributed by atoms with Crippen LogP contribution in [-0.2, 0) is 4.79 Å². The highest BCUT2D eigenvalue weighted by atomic mass is 32.1. The van der Waals surface area contributed by atoms with Crippen LogP contribution in [0.1, 0.15) is 23.4 Å². The summed E-state index contributed by atoms with van der Waals surface area (Å²) in [6.07, 6.45) is 0.785. The number of nitriles is 1. The van der Waals surface area contributed by atoms with E-state index < -0.39 is 5.41 Å². The number of thiazole rings is 1. The predicted molar refractivity (Wildman–Crippen MR) is 130 cm³/mol. The Morgan fingerprint density at radius 1 is 1.15 bits per heavy atom. The topological polar surface area (TPSA) is 102 Å². The number of amides is 3. The zero-order valence-electron chi connectivity index (χ0n) is 19.3. The minimum atomic E-state index is -0.422. The Hall–Kier alpha value is -3.77. The van der Waals surface area contributed by atoms with Crippen LogP contribution in [0.4, 0.5) is 9.93 Å². The lowest BCUT2D eigenvalue weighted by Gasteiger charge is -2.45. The van der Waals surface area contributed by atoms with Crippen LogP contribution in [0.15, 0.2) is 36.4 Å². The second-order valence-corrected chi connectivity index (χ2v) is 10.1. The van der Waals surface area contributed by atoms with Crippen LogP contribution in [0, 0.1) is 30.6 Å². The van der Waals surface area contributed by atoms with Crippen molar-refractivity contribution in [2.24, 2.45) is 5.41 Å². The van der Waals surface area contributed by atoms with Gasteiger partial charge in [-0.2, -0.15) is 5.26 Å². The van der Waals surface area contributed by atoms with Crippen molar-refractivity contribution >= 4 is 28.4 Å². The molecule has 1 aromatic carbocycles. The van der Waals surface area contributed by atoms with Crippen LogP contribution >= 0.6 is 11.3 Å². The molecule has 2 aliphatic heterocycles. The standard InChI is InChI=1S/C25H24N6O2S/c1-15-9-19(10-16(2)27-15)21-20(18-6-4-5-17(11-18)12-26)28-23(34-21)29-24(33)31-13-25(14-31)7-8-30(3)22(25)32/h4-6,9-11H,7-8,13-14H2,1-3H3,(H,28,29,33). The quantitative estimate of drug-likeness (QED) is 0.619. The molecule has 8 nitrogen and oxygen atoms in total. The first-order valence-electron chi connectivity index (χ1n) is 11.1. The summed E-state index contributed by atoms with van der Waals surface area (Å²) in [6, 6.07) is 13.2. The maximum Gasteiger partial charge on any atom is 0.323 e. The van der Waals surface area contributed by atoms with Gasteiger partial charge in [-0.15, -0.1) is 0 Å². The molecule has 5 rings (SSSR count). The second-order valence-electron chi connectivity index (χ2n) is 9.07. The van der Waals surface area contributed by atoms with E-state index in [4.69, 9.17) is 4.98 Å². The number of aromatic nitrogens is 2. The Kier molecular flexibility index (Phi) is 5.33. The number of aryl methyl sites for hydroxylation is 2. The highest BCUT2D eigenvalue weighted by Crippen LogP contribution is 2.42. The summed E-state index contributed by atoms with van der Waals surface area (Å²) >= 11 is 1.39. The molecular weight excluding hydrogens is 448 g/mol. The molecule has 2 aliphatic rings. The molecule has 3 aromatic rings. The maximum absolute atomic E-state index is 12.9. The molecule has 172 valence electrons.